The number of primary amides is 1. The number of nitrogens with two attached hydrogens (primary N) is 1. The van der Waals surface area contributed by atoms with Gasteiger partial charge >= 0.3 is 0 Å². The summed E-state index contributed by atoms with van der Waals surface area (Å²) in [7, 11) is 0. The van der Waals surface area contributed by atoms with Crippen LogP contribution in [-0.4, -0.2) is 33.4 Å². The molecule has 0 radical (unpaired) electrons. The quantitative estimate of drug-likeness (QED) is 0.733. The summed E-state index contributed by atoms with van der Waals surface area (Å²) >= 11 is 0. The molecule has 0 bridgehead atoms. The van der Waals surface area contributed by atoms with Gasteiger partial charge in [-0.15, -0.1) is 5.10 Å². The maximum atomic E-state index is 13.2. The van der Waals surface area contributed by atoms with Crippen LogP contribution in [-0.2, 0) is 4.79 Å². The molecule has 0 atom stereocenters. The number of para-hydroxylation sites is 1. The van der Waals surface area contributed by atoms with E-state index in [1.165, 1.54) is 40.2 Å². The van der Waals surface area contributed by atoms with E-state index in [1.54, 1.807) is 12.1 Å². The Kier molecular flexibility index (Phi) is 5.02. The first-order chi connectivity index (χ1) is 12.5. The van der Waals surface area contributed by atoms with Crippen LogP contribution in [0.1, 0.15) is 16.9 Å². The average molecular weight is 353 g/mol. The molecule has 0 saturated carbocycles. The number of carbonyl (C=O) groups excluding carboxylic acids is 2. The van der Waals surface area contributed by atoms with Gasteiger partial charge in [-0.2, -0.15) is 9.90 Å². The van der Waals surface area contributed by atoms with Crippen molar-refractivity contribution in [2.75, 3.05) is 11.4 Å². The second-order valence-corrected chi connectivity index (χ2v) is 5.50. The lowest BCUT2D eigenvalue weighted by atomic mass is 10.2. The van der Waals surface area contributed by atoms with E-state index in [0.29, 0.717) is 11.4 Å². The zero-order valence-electron chi connectivity index (χ0n) is 13.7. The van der Waals surface area contributed by atoms with E-state index >= 15 is 0 Å². The molecule has 26 heavy (non-hydrogen) atoms. The lowest BCUT2D eigenvalue weighted by molar-refractivity contribution is -0.117. The van der Waals surface area contributed by atoms with Crippen LogP contribution >= 0.6 is 0 Å². The molecule has 1 aromatic heterocycles. The molecule has 2 N–H and O–H groups in total. The van der Waals surface area contributed by atoms with E-state index in [2.05, 4.69) is 10.2 Å². The highest BCUT2D eigenvalue weighted by molar-refractivity contribution is 6.04. The normalized spacial score (nSPS) is 10.5. The Morgan fingerprint density at radius 3 is 2.42 bits per heavy atom. The first kappa shape index (κ1) is 17.3. The average Bonchev–Trinajstić information content (AvgIpc) is 3.14. The zero-order valence-corrected chi connectivity index (χ0v) is 13.7. The fraction of sp³-hybridized carbons (Fsp3) is 0.111. The number of amides is 2. The molecule has 132 valence electrons. The molecule has 2 amide bonds. The maximum absolute atomic E-state index is 13.2. The molecule has 8 heteroatoms. The molecule has 0 unspecified atom stereocenters. The van der Waals surface area contributed by atoms with Crippen LogP contribution in [0.2, 0.25) is 0 Å². The summed E-state index contributed by atoms with van der Waals surface area (Å²) < 4.78 is 13.2. The van der Waals surface area contributed by atoms with Gasteiger partial charge in [0.1, 0.15) is 5.82 Å². The number of carbonyl (C=O) groups is 2. The highest BCUT2D eigenvalue weighted by Gasteiger charge is 2.21. The first-order valence-corrected chi connectivity index (χ1v) is 7.88. The molecule has 0 fully saturated rings. The van der Waals surface area contributed by atoms with Crippen molar-refractivity contribution in [2.45, 2.75) is 6.42 Å². The Balaban J connectivity index is 1.88. The van der Waals surface area contributed by atoms with E-state index < -0.39 is 17.6 Å². The molecule has 0 saturated heterocycles. The minimum absolute atomic E-state index is 0.0318. The molecular formula is C18H16FN5O2. The predicted molar refractivity (Wildman–Crippen MR) is 93.2 cm³/mol. The molecule has 0 aliphatic carbocycles. The molecule has 7 nitrogen and oxygen atoms in total. The van der Waals surface area contributed by atoms with Crippen LogP contribution in [0.15, 0.2) is 60.8 Å². The van der Waals surface area contributed by atoms with Crippen LogP contribution in [0.25, 0.3) is 5.69 Å². The molecular weight excluding hydrogens is 337 g/mol. The van der Waals surface area contributed by atoms with Gasteiger partial charge in [-0.05, 0) is 36.4 Å². The monoisotopic (exact) mass is 353 g/mol. The summed E-state index contributed by atoms with van der Waals surface area (Å²) in [5.74, 6) is -1.43. The second kappa shape index (κ2) is 7.56. The highest BCUT2D eigenvalue weighted by atomic mass is 19.1. The van der Waals surface area contributed by atoms with Gasteiger partial charge in [0.15, 0.2) is 5.69 Å². The number of nitrogens with zero attached hydrogens (tertiary/aromatic N) is 4. The number of hydrogen-bond donors (Lipinski definition) is 1. The van der Waals surface area contributed by atoms with Gasteiger partial charge in [0.05, 0.1) is 11.9 Å². The van der Waals surface area contributed by atoms with E-state index in [-0.39, 0.29) is 18.7 Å². The molecule has 2 aromatic carbocycles. The third-order valence-corrected chi connectivity index (χ3v) is 3.66. The van der Waals surface area contributed by atoms with Crippen LogP contribution in [0.3, 0.4) is 0 Å². The summed E-state index contributed by atoms with van der Waals surface area (Å²) in [6.07, 6.45) is 1.31. The maximum Gasteiger partial charge on any atom is 0.280 e. The number of benzene rings is 2. The van der Waals surface area contributed by atoms with Gasteiger partial charge in [-0.25, -0.2) is 4.39 Å². The molecule has 0 spiro atoms. The smallest absolute Gasteiger partial charge is 0.280 e. The van der Waals surface area contributed by atoms with Crippen molar-refractivity contribution in [3.05, 3.63) is 72.3 Å². The summed E-state index contributed by atoms with van der Waals surface area (Å²) in [5.41, 5.74) is 6.44. The Labute approximate surface area is 148 Å². The number of anilines is 1. The van der Waals surface area contributed by atoms with Gasteiger partial charge in [0, 0.05) is 18.7 Å². The van der Waals surface area contributed by atoms with Crippen molar-refractivity contribution >= 4 is 17.5 Å². The van der Waals surface area contributed by atoms with E-state index in [0.717, 1.165) is 0 Å². The summed E-state index contributed by atoms with van der Waals surface area (Å²) in [5, 5.41) is 8.29. The van der Waals surface area contributed by atoms with Crippen LogP contribution in [0.4, 0.5) is 10.1 Å². The number of hydrogen-bond acceptors (Lipinski definition) is 4. The van der Waals surface area contributed by atoms with E-state index in [9.17, 15) is 14.0 Å². The van der Waals surface area contributed by atoms with E-state index in [1.807, 2.05) is 18.2 Å². The zero-order chi connectivity index (χ0) is 18.5. The molecule has 1 heterocycles. The molecule has 0 aliphatic heterocycles. The van der Waals surface area contributed by atoms with Crippen LogP contribution in [0.5, 0.6) is 0 Å². The van der Waals surface area contributed by atoms with Crippen molar-refractivity contribution in [1.29, 1.82) is 0 Å². The Hall–Kier alpha value is -3.55. The minimum Gasteiger partial charge on any atom is -0.370 e. The lowest BCUT2D eigenvalue weighted by Crippen LogP contribution is -2.34. The third kappa shape index (κ3) is 3.92. The second-order valence-electron chi connectivity index (χ2n) is 5.50. The van der Waals surface area contributed by atoms with Gasteiger partial charge in [0.25, 0.3) is 5.91 Å². The Morgan fingerprint density at radius 1 is 1.08 bits per heavy atom. The highest BCUT2D eigenvalue weighted by Crippen LogP contribution is 2.18. The fourth-order valence-electron chi connectivity index (χ4n) is 2.38. The predicted octanol–water partition coefficient (Wildman–Crippen LogP) is 1.93. The first-order valence-electron chi connectivity index (χ1n) is 7.88. The van der Waals surface area contributed by atoms with Crippen molar-refractivity contribution in [3.8, 4) is 5.69 Å². The molecule has 3 rings (SSSR count). The van der Waals surface area contributed by atoms with Gasteiger partial charge in [0.2, 0.25) is 5.91 Å². The molecule has 0 aliphatic rings. The summed E-state index contributed by atoms with van der Waals surface area (Å²) in [6, 6.07) is 14.5. The topological polar surface area (TPSA) is 94.1 Å². The van der Waals surface area contributed by atoms with Crippen molar-refractivity contribution in [2.24, 2.45) is 5.73 Å². The standard InChI is InChI=1S/C18H16FN5O2/c19-13-6-8-14(9-7-13)23(11-10-17(20)25)18(26)16-12-21-24(22-16)15-4-2-1-3-5-15/h1-9,12H,10-11H2,(H2,20,25). The molecule has 3 aromatic rings. The number of rotatable bonds is 6. The van der Waals surface area contributed by atoms with Crippen molar-refractivity contribution in [1.82, 2.24) is 15.0 Å². The minimum atomic E-state index is -0.544. The fourth-order valence-corrected chi connectivity index (χ4v) is 2.38. The van der Waals surface area contributed by atoms with Crippen molar-refractivity contribution in [3.63, 3.8) is 0 Å². The SMILES string of the molecule is NC(=O)CCN(C(=O)c1cnn(-c2ccccc2)n1)c1ccc(F)cc1. The van der Waals surface area contributed by atoms with Gasteiger partial charge in [-0.3, -0.25) is 9.59 Å². The largest absolute Gasteiger partial charge is 0.370 e. The Bertz CT molecular complexity index is 909. The van der Waals surface area contributed by atoms with Crippen LogP contribution < -0.4 is 10.6 Å². The van der Waals surface area contributed by atoms with E-state index in [4.69, 9.17) is 5.73 Å². The lowest BCUT2D eigenvalue weighted by Gasteiger charge is -2.21. The third-order valence-electron chi connectivity index (χ3n) is 3.66. The summed E-state index contributed by atoms with van der Waals surface area (Å²) in [6.45, 7) is 0.0536. The Morgan fingerprint density at radius 2 is 1.77 bits per heavy atom. The summed E-state index contributed by atoms with van der Waals surface area (Å²) in [4.78, 5) is 26.6. The number of halogens is 1. The van der Waals surface area contributed by atoms with Gasteiger partial charge in [-0.1, -0.05) is 18.2 Å². The van der Waals surface area contributed by atoms with Gasteiger partial charge < -0.3 is 10.6 Å². The number of aromatic nitrogens is 3. The van der Waals surface area contributed by atoms with Crippen LogP contribution in [0, 0.1) is 5.82 Å². The van der Waals surface area contributed by atoms with Crippen molar-refractivity contribution < 1.29 is 14.0 Å².